The molecule has 3 heterocycles. The maximum Gasteiger partial charge on any atom is 0.0954 e. The zero-order valence-electron chi connectivity index (χ0n) is 9.37. The average molecular weight is 205 g/mol. The molecule has 3 heteroatoms. The maximum absolute atomic E-state index is 4.46. The van der Waals surface area contributed by atoms with Crippen LogP contribution in [0.2, 0.25) is 0 Å². The molecule has 15 heavy (non-hydrogen) atoms. The Bertz CT molecular complexity index is 350. The minimum Gasteiger partial charge on any atom is -0.331 e. The molecule has 0 aromatic carbocycles. The van der Waals surface area contributed by atoms with Crippen LogP contribution in [0.3, 0.4) is 0 Å². The van der Waals surface area contributed by atoms with Crippen LogP contribution < -0.4 is 5.32 Å². The molecule has 2 aliphatic rings. The van der Waals surface area contributed by atoms with Crippen LogP contribution in [-0.2, 0) is 6.42 Å². The Morgan fingerprint density at radius 3 is 3.20 bits per heavy atom. The Labute approximate surface area is 90.9 Å². The Kier molecular flexibility index (Phi) is 2.28. The second kappa shape index (κ2) is 3.63. The number of nitrogens with one attached hydrogen (secondary N) is 1. The van der Waals surface area contributed by atoms with Gasteiger partial charge in [0.25, 0.3) is 0 Å². The van der Waals surface area contributed by atoms with Gasteiger partial charge in [0, 0.05) is 11.7 Å². The number of rotatable bonds is 1. The zero-order chi connectivity index (χ0) is 10.3. The Hall–Kier alpha value is -0.830. The highest BCUT2D eigenvalue weighted by atomic mass is 15.1. The molecule has 1 saturated heterocycles. The van der Waals surface area contributed by atoms with Gasteiger partial charge in [0.15, 0.2) is 0 Å². The molecule has 3 rings (SSSR count). The summed E-state index contributed by atoms with van der Waals surface area (Å²) in [5.74, 6) is 0.831. The van der Waals surface area contributed by atoms with E-state index in [0.29, 0.717) is 6.04 Å². The molecule has 1 fully saturated rings. The van der Waals surface area contributed by atoms with Crippen molar-refractivity contribution in [2.45, 2.75) is 38.6 Å². The number of imidazole rings is 1. The van der Waals surface area contributed by atoms with Gasteiger partial charge < -0.3 is 9.88 Å². The molecule has 0 saturated carbocycles. The quantitative estimate of drug-likeness (QED) is 0.756. The number of fused-ring (bicyclic) bond motifs is 1. The molecule has 1 aromatic rings. The average Bonchev–Trinajstić information content (AvgIpc) is 2.88. The van der Waals surface area contributed by atoms with Crippen LogP contribution in [0.5, 0.6) is 0 Å². The van der Waals surface area contributed by atoms with Crippen LogP contribution >= 0.6 is 0 Å². The van der Waals surface area contributed by atoms with Gasteiger partial charge in [-0.1, -0.05) is 0 Å². The third-order valence-corrected chi connectivity index (χ3v) is 4.02. The molecular formula is C12H19N3. The van der Waals surface area contributed by atoms with Crippen LogP contribution in [0.1, 0.15) is 36.7 Å². The van der Waals surface area contributed by atoms with Crippen molar-refractivity contribution in [3.8, 4) is 0 Å². The predicted molar refractivity (Wildman–Crippen MR) is 59.9 cm³/mol. The van der Waals surface area contributed by atoms with Crippen molar-refractivity contribution in [2.24, 2.45) is 5.92 Å². The van der Waals surface area contributed by atoms with Crippen LogP contribution in [-0.4, -0.2) is 22.6 Å². The molecule has 1 aromatic heterocycles. The summed E-state index contributed by atoms with van der Waals surface area (Å²) in [6.07, 6.45) is 7.31. The lowest BCUT2D eigenvalue weighted by Crippen LogP contribution is -2.26. The van der Waals surface area contributed by atoms with Crippen molar-refractivity contribution >= 4 is 0 Å². The van der Waals surface area contributed by atoms with E-state index in [1.165, 1.54) is 50.2 Å². The summed E-state index contributed by atoms with van der Waals surface area (Å²) in [6, 6.07) is 0.713. The number of aromatic nitrogens is 2. The molecule has 0 amide bonds. The summed E-state index contributed by atoms with van der Waals surface area (Å²) in [5.41, 5.74) is 2.73. The summed E-state index contributed by atoms with van der Waals surface area (Å²) in [4.78, 5) is 4.46. The van der Waals surface area contributed by atoms with Crippen molar-refractivity contribution in [1.82, 2.24) is 14.9 Å². The molecule has 0 radical (unpaired) electrons. The number of nitrogens with zero attached hydrogens (tertiary/aromatic N) is 2. The Morgan fingerprint density at radius 2 is 2.40 bits per heavy atom. The van der Waals surface area contributed by atoms with Gasteiger partial charge in [-0.3, -0.25) is 0 Å². The highest BCUT2D eigenvalue weighted by molar-refractivity contribution is 5.15. The highest BCUT2D eigenvalue weighted by Crippen LogP contribution is 2.34. The maximum atomic E-state index is 4.46. The molecule has 1 N–H and O–H groups in total. The van der Waals surface area contributed by atoms with E-state index >= 15 is 0 Å². The third-order valence-electron chi connectivity index (χ3n) is 4.02. The Morgan fingerprint density at radius 1 is 1.47 bits per heavy atom. The smallest absolute Gasteiger partial charge is 0.0954 e. The number of hydrogen-bond acceptors (Lipinski definition) is 2. The van der Waals surface area contributed by atoms with Crippen LogP contribution in [0.25, 0.3) is 0 Å². The van der Waals surface area contributed by atoms with Crippen molar-refractivity contribution in [1.29, 1.82) is 0 Å². The van der Waals surface area contributed by atoms with E-state index < -0.39 is 0 Å². The van der Waals surface area contributed by atoms with Gasteiger partial charge in [-0.25, -0.2) is 4.98 Å². The lowest BCUT2D eigenvalue weighted by Gasteiger charge is -2.30. The fourth-order valence-corrected chi connectivity index (χ4v) is 3.16. The molecule has 3 nitrogen and oxygen atoms in total. The minimum atomic E-state index is 0.713. The molecule has 0 bridgehead atoms. The monoisotopic (exact) mass is 205 g/mol. The van der Waals surface area contributed by atoms with Crippen molar-refractivity contribution < 1.29 is 0 Å². The summed E-state index contributed by atoms with van der Waals surface area (Å²) in [6.45, 7) is 4.53. The Balaban J connectivity index is 1.91. The van der Waals surface area contributed by atoms with Gasteiger partial charge in [0.2, 0.25) is 0 Å². The third kappa shape index (κ3) is 1.49. The van der Waals surface area contributed by atoms with Crippen LogP contribution in [0, 0.1) is 12.8 Å². The minimum absolute atomic E-state index is 0.713. The normalized spacial score (nSPS) is 30.5. The first-order valence-corrected chi connectivity index (χ1v) is 6.09. The SMILES string of the molecule is Cc1ncn2c1CCCC2C1CCNC1. The lowest BCUT2D eigenvalue weighted by atomic mass is 9.90. The zero-order valence-corrected chi connectivity index (χ0v) is 9.37. The summed E-state index contributed by atoms with van der Waals surface area (Å²) in [5, 5.41) is 3.47. The van der Waals surface area contributed by atoms with Gasteiger partial charge in [-0.15, -0.1) is 0 Å². The molecule has 2 aliphatic heterocycles. The van der Waals surface area contributed by atoms with Gasteiger partial charge >= 0.3 is 0 Å². The molecule has 2 unspecified atom stereocenters. The first-order valence-electron chi connectivity index (χ1n) is 6.09. The first kappa shape index (κ1) is 9.40. The van der Waals surface area contributed by atoms with Crippen molar-refractivity contribution in [3.63, 3.8) is 0 Å². The highest BCUT2D eigenvalue weighted by Gasteiger charge is 2.30. The number of hydrogen-bond donors (Lipinski definition) is 1. The van der Waals surface area contributed by atoms with Crippen LogP contribution in [0.15, 0.2) is 6.33 Å². The molecular weight excluding hydrogens is 186 g/mol. The topological polar surface area (TPSA) is 29.9 Å². The summed E-state index contributed by atoms with van der Waals surface area (Å²) < 4.78 is 2.45. The second-order valence-corrected chi connectivity index (χ2v) is 4.90. The second-order valence-electron chi connectivity index (χ2n) is 4.90. The van der Waals surface area contributed by atoms with Gasteiger partial charge in [0.05, 0.1) is 12.0 Å². The van der Waals surface area contributed by atoms with Gasteiger partial charge in [-0.05, 0) is 51.6 Å². The van der Waals surface area contributed by atoms with E-state index in [4.69, 9.17) is 0 Å². The van der Waals surface area contributed by atoms with E-state index in [2.05, 4.69) is 28.1 Å². The van der Waals surface area contributed by atoms with E-state index in [1.54, 1.807) is 0 Å². The predicted octanol–water partition coefficient (Wildman–Crippen LogP) is 1.68. The summed E-state index contributed by atoms with van der Waals surface area (Å²) in [7, 11) is 0. The van der Waals surface area contributed by atoms with Crippen molar-refractivity contribution in [2.75, 3.05) is 13.1 Å². The molecule has 82 valence electrons. The van der Waals surface area contributed by atoms with Gasteiger partial charge in [0.1, 0.15) is 0 Å². The lowest BCUT2D eigenvalue weighted by molar-refractivity contribution is 0.294. The molecule has 0 aliphatic carbocycles. The van der Waals surface area contributed by atoms with E-state index in [0.717, 1.165) is 5.92 Å². The number of aryl methyl sites for hydroxylation is 1. The van der Waals surface area contributed by atoms with Crippen LogP contribution in [0.4, 0.5) is 0 Å². The van der Waals surface area contributed by atoms with Crippen molar-refractivity contribution in [3.05, 3.63) is 17.7 Å². The van der Waals surface area contributed by atoms with E-state index in [-0.39, 0.29) is 0 Å². The fourth-order valence-electron chi connectivity index (χ4n) is 3.16. The molecule has 2 atom stereocenters. The largest absolute Gasteiger partial charge is 0.331 e. The van der Waals surface area contributed by atoms with E-state index in [9.17, 15) is 0 Å². The fraction of sp³-hybridized carbons (Fsp3) is 0.750. The first-order chi connectivity index (χ1) is 7.36. The van der Waals surface area contributed by atoms with E-state index in [1.807, 2.05) is 0 Å². The van der Waals surface area contributed by atoms with Gasteiger partial charge in [-0.2, -0.15) is 0 Å². The summed E-state index contributed by atoms with van der Waals surface area (Å²) >= 11 is 0. The standard InChI is InChI=1S/C12H19N3/c1-9-11-3-2-4-12(15(11)8-14-9)10-5-6-13-7-10/h8,10,12-13H,2-7H2,1H3. The molecule has 0 spiro atoms.